The van der Waals surface area contributed by atoms with E-state index in [2.05, 4.69) is 45.0 Å². The van der Waals surface area contributed by atoms with Crippen LogP contribution in [0, 0.1) is 12.8 Å². The molecule has 1 unspecified atom stereocenters. The first-order valence-corrected chi connectivity index (χ1v) is 4.98. The molecule has 0 saturated heterocycles. The Balaban J connectivity index is 0.00000169. The molecule has 0 fully saturated rings. The summed E-state index contributed by atoms with van der Waals surface area (Å²) in [5.74, 6) is 0.557. The van der Waals surface area contributed by atoms with Gasteiger partial charge in [0.15, 0.2) is 0 Å². The predicted molar refractivity (Wildman–Crippen MR) is 64.8 cm³/mol. The first-order chi connectivity index (χ1) is 6.16. The SMILES string of the molecule is CCC(C)[C@@H](N)c1ccccc1C.Cl. The Kier molecular flexibility index (Phi) is 5.82. The van der Waals surface area contributed by atoms with Gasteiger partial charge in [0.2, 0.25) is 0 Å². The third-order valence-electron chi connectivity index (χ3n) is 2.80. The van der Waals surface area contributed by atoms with Gasteiger partial charge in [-0.25, -0.2) is 0 Å². The van der Waals surface area contributed by atoms with Crippen LogP contribution >= 0.6 is 12.4 Å². The summed E-state index contributed by atoms with van der Waals surface area (Å²) in [5.41, 5.74) is 8.74. The minimum Gasteiger partial charge on any atom is -0.324 e. The van der Waals surface area contributed by atoms with Gasteiger partial charge in [0.25, 0.3) is 0 Å². The summed E-state index contributed by atoms with van der Waals surface area (Å²) in [5, 5.41) is 0. The van der Waals surface area contributed by atoms with E-state index in [0.717, 1.165) is 6.42 Å². The van der Waals surface area contributed by atoms with Crippen LogP contribution in [-0.4, -0.2) is 0 Å². The molecular weight excluding hydrogens is 194 g/mol. The van der Waals surface area contributed by atoms with Crippen molar-refractivity contribution >= 4 is 12.4 Å². The Bertz CT molecular complexity index is 273. The summed E-state index contributed by atoms with van der Waals surface area (Å²) in [7, 11) is 0. The van der Waals surface area contributed by atoms with Crippen LogP contribution in [0.15, 0.2) is 24.3 Å². The number of halogens is 1. The molecule has 1 rings (SSSR count). The molecule has 2 atom stereocenters. The lowest BCUT2D eigenvalue weighted by Gasteiger charge is -2.20. The van der Waals surface area contributed by atoms with E-state index < -0.39 is 0 Å². The van der Waals surface area contributed by atoms with Crippen LogP contribution in [0.5, 0.6) is 0 Å². The number of nitrogens with two attached hydrogens (primary N) is 1. The summed E-state index contributed by atoms with van der Waals surface area (Å²) in [6, 6.07) is 8.56. The Morgan fingerprint density at radius 1 is 1.29 bits per heavy atom. The van der Waals surface area contributed by atoms with Gasteiger partial charge in [-0.1, -0.05) is 44.5 Å². The number of benzene rings is 1. The summed E-state index contributed by atoms with van der Waals surface area (Å²) >= 11 is 0. The molecule has 0 amide bonds. The Morgan fingerprint density at radius 3 is 2.36 bits per heavy atom. The van der Waals surface area contributed by atoms with Gasteiger partial charge in [-0.2, -0.15) is 0 Å². The number of aryl methyl sites for hydroxylation is 1. The molecule has 2 N–H and O–H groups in total. The third kappa shape index (κ3) is 3.00. The molecule has 0 aromatic heterocycles. The van der Waals surface area contributed by atoms with E-state index in [0.29, 0.717) is 5.92 Å². The summed E-state index contributed by atoms with van der Waals surface area (Å²) < 4.78 is 0. The highest BCUT2D eigenvalue weighted by molar-refractivity contribution is 5.85. The second kappa shape index (κ2) is 6.05. The lowest BCUT2D eigenvalue weighted by atomic mass is 9.91. The lowest BCUT2D eigenvalue weighted by Crippen LogP contribution is -2.19. The Hall–Kier alpha value is -0.530. The predicted octanol–water partition coefficient (Wildman–Crippen LogP) is 3.46. The van der Waals surface area contributed by atoms with Gasteiger partial charge in [0.1, 0.15) is 0 Å². The standard InChI is InChI=1S/C12H19N.ClH/c1-4-9(2)12(13)11-8-6-5-7-10(11)3;/h5-9,12H,4,13H2,1-3H3;1H/t9?,12-;/m1./s1. The van der Waals surface area contributed by atoms with Gasteiger partial charge in [-0.3, -0.25) is 0 Å². The van der Waals surface area contributed by atoms with E-state index >= 15 is 0 Å². The maximum Gasteiger partial charge on any atom is 0.0323 e. The number of rotatable bonds is 3. The Labute approximate surface area is 93.1 Å². The molecule has 0 aliphatic rings. The molecule has 0 aliphatic carbocycles. The highest BCUT2D eigenvalue weighted by Gasteiger charge is 2.13. The minimum atomic E-state index is 0. The van der Waals surface area contributed by atoms with Gasteiger partial charge in [-0.15, -0.1) is 12.4 Å². The zero-order valence-electron chi connectivity index (χ0n) is 9.16. The first kappa shape index (κ1) is 13.5. The fraction of sp³-hybridized carbons (Fsp3) is 0.500. The summed E-state index contributed by atoms with van der Waals surface area (Å²) in [6.45, 7) is 6.51. The number of hydrogen-bond donors (Lipinski definition) is 1. The topological polar surface area (TPSA) is 26.0 Å². The molecular formula is C12H20ClN. The van der Waals surface area contributed by atoms with E-state index in [1.807, 2.05) is 0 Å². The van der Waals surface area contributed by atoms with Crippen LogP contribution in [0.3, 0.4) is 0 Å². The van der Waals surface area contributed by atoms with Gasteiger partial charge >= 0.3 is 0 Å². The minimum absolute atomic E-state index is 0. The van der Waals surface area contributed by atoms with E-state index in [1.54, 1.807) is 0 Å². The maximum absolute atomic E-state index is 6.15. The van der Waals surface area contributed by atoms with Crippen molar-refractivity contribution in [1.29, 1.82) is 0 Å². The van der Waals surface area contributed by atoms with Crippen molar-refractivity contribution in [1.82, 2.24) is 0 Å². The molecule has 0 saturated carbocycles. The maximum atomic E-state index is 6.15. The third-order valence-corrected chi connectivity index (χ3v) is 2.80. The molecule has 2 heteroatoms. The van der Waals surface area contributed by atoms with Gasteiger partial charge < -0.3 is 5.73 Å². The smallest absolute Gasteiger partial charge is 0.0323 e. The zero-order valence-corrected chi connectivity index (χ0v) is 9.97. The molecule has 14 heavy (non-hydrogen) atoms. The molecule has 1 nitrogen and oxygen atoms in total. The highest BCUT2D eigenvalue weighted by atomic mass is 35.5. The molecule has 0 heterocycles. The molecule has 0 aliphatic heterocycles. The fourth-order valence-electron chi connectivity index (χ4n) is 1.52. The first-order valence-electron chi connectivity index (χ1n) is 4.98. The average molecular weight is 214 g/mol. The van der Waals surface area contributed by atoms with E-state index in [1.165, 1.54) is 11.1 Å². The average Bonchev–Trinajstić information content (AvgIpc) is 2.16. The molecule has 1 aromatic carbocycles. The second-order valence-electron chi connectivity index (χ2n) is 3.77. The van der Waals surface area contributed by atoms with Crippen LogP contribution in [0.25, 0.3) is 0 Å². The molecule has 0 bridgehead atoms. The van der Waals surface area contributed by atoms with Gasteiger partial charge in [-0.05, 0) is 24.0 Å². The van der Waals surface area contributed by atoms with Crippen molar-refractivity contribution in [3.8, 4) is 0 Å². The summed E-state index contributed by atoms with van der Waals surface area (Å²) in [4.78, 5) is 0. The van der Waals surface area contributed by atoms with Gasteiger partial charge in [0.05, 0.1) is 0 Å². The van der Waals surface area contributed by atoms with Crippen LogP contribution in [0.1, 0.15) is 37.4 Å². The van der Waals surface area contributed by atoms with Gasteiger partial charge in [0, 0.05) is 6.04 Å². The van der Waals surface area contributed by atoms with E-state index in [4.69, 9.17) is 5.73 Å². The van der Waals surface area contributed by atoms with Crippen molar-refractivity contribution in [2.45, 2.75) is 33.2 Å². The molecule has 1 aromatic rings. The van der Waals surface area contributed by atoms with Crippen molar-refractivity contribution in [2.24, 2.45) is 11.7 Å². The second-order valence-corrected chi connectivity index (χ2v) is 3.77. The largest absolute Gasteiger partial charge is 0.324 e. The van der Waals surface area contributed by atoms with Crippen molar-refractivity contribution in [3.63, 3.8) is 0 Å². The normalized spacial score (nSPS) is 14.3. The van der Waals surface area contributed by atoms with Crippen molar-refractivity contribution in [3.05, 3.63) is 35.4 Å². The van der Waals surface area contributed by atoms with Crippen LogP contribution < -0.4 is 5.73 Å². The monoisotopic (exact) mass is 213 g/mol. The molecule has 0 spiro atoms. The Morgan fingerprint density at radius 2 is 1.86 bits per heavy atom. The summed E-state index contributed by atoms with van der Waals surface area (Å²) in [6.07, 6.45) is 1.13. The van der Waals surface area contributed by atoms with Crippen LogP contribution in [0.4, 0.5) is 0 Å². The number of hydrogen-bond acceptors (Lipinski definition) is 1. The van der Waals surface area contributed by atoms with E-state index in [9.17, 15) is 0 Å². The van der Waals surface area contributed by atoms with Crippen molar-refractivity contribution in [2.75, 3.05) is 0 Å². The van der Waals surface area contributed by atoms with Crippen molar-refractivity contribution < 1.29 is 0 Å². The molecule has 0 radical (unpaired) electrons. The van der Waals surface area contributed by atoms with Crippen LogP contribution in [0.2, 0.25) is 0 Å². The highest BCUT2D eigenvalue weighted by Crippen LogP contribution is 2.23. The van der Waals surface area contributed by atoms with Crippen LogP contribution in [-0.2, 0) is 0 Å². The zero-order chi connectivity index (χ0) is 9.84. The quantitative estimate of drug-likeness (QED) is 0.818. The molecule has 80 valence electrons. The lowest BCUT2D eigenvalue weighted by molar-refractivity contribution is 0.455. The fourth-order valence-corrected chi connectivity index (χ4v) is 1.52. The van der Waals surface area contributed by atoms with E-state index in [-0.39, 0.29) is 18.4 Å².